The Morgan fingerprint density at radius 2 is 2.36 bits per heavy atom. The Kier molecular flexibility index (Phi) is 2.41. The Bertz CT molecular complexity index is 349. The van der Waals surface area contributed by atoms with Crippen LogP contribution in [0, 0.1) is 0 Å². The lowest BCUT2D eigenvalue weighted by molar-refractivity contribution is -0.0779. The molecule has 0 saturated heterocycles. The van der Waals surface area contributed by atoms with Gasteiger partial charge in [-0.05, 0) is 19.3 Å². The quantitative estimate of drug-likeness (QED) is 0.720. The van der Waals surface area contributed by atoms with Crippen LogP contribution < -0.4 is 0 Å². The lowest BCUT2D eigenvalue weighted by atomic mass is 9.80. The zero-order chi connectivity index (χ0) is 10.2. The molecule has 0 radical (unpaired) electrons. The summed E-state index contributed by atoms with van der Waals surface area (Å²) >= 11 is 1.53. The van der Waals surface area contributed by atoms with Crippen LogP contribution >= 0.6 is 11.3 Å². The zero-order valence-electron chi connectivity index (χ0n) is 8.37. The Morgan fingerprint density at radius 3 is 2.71 bits per heavy atom. The normalized spacial score (nSPS) is 19.0. The second-order valence-electron chi connectivity index (χ2n) is 3.65. The van der Waals surface area contributed by atoms with Gasteiger partial charge in [-0.2, -0.15) is 0 Å². The molecule has 76 valence electrons. The van der Waals surface area contributed by atoms with Crippen LogP contribution in [0.5, 0.6) is 0 Å². The van der Waals surface area contributed by atoms with Crippen LogP contribution in [0.15, 0.2) is 5.38 Å². The van der Waals surface area contributed by atoms with E-state index in [9.17, 15) is 4.79 Å². The van der Waals surface area contributed by atoms with Crippen LogP contribution in [0.25, 0.3) is 0 Å². The SMILES string of the molecule is COC1(c2nc(C(C)=O)cs2)CCC1. The van der Waals surface area contributed by atoms with E-state index in [1.54, 1.807) is 14.0 Å². The second-order valence-corrected chi connectivity index (χ2v) is 4.50. The highest BCUT2D eigenvalue weighted by molar-refractivity contribution is 7.10. The molecule has 1 aliphatic carbocycles. The number of nitrogens with zero attached hydrogens (tertiary/aromatic N) is 1. The van der Waals surface area contributed by atoms with E-state index in [-0.39, 0.29) is 11.4 Å². The first kappa shape index (κ1) is 9.80. The van der Waals surface area contributed by atoms with Crippen molar-refractivity contribution in [3.63, 3.8) is 0 Å². The first-order valence-electron chi connectivity index (χ1n) is 4.70. The first-order valence-corrected chi connectivity index (χ1v) is 5.58. The summed E-state index contributed by atoms with van der Waals surface area (Å²) in [5, 5.41) is 2.77. The van der Waals surface area contributed by atoms with Gasteiger partial charge in [-0.15, -0.1) is 11.3 Å². The lowest BCUT2D eigenvalue weighted by Gasteiger charge is -2.38. The highest BCUT2D eigenvalue weighted by Crippen LogP contribution is 2.45. The summed E-state index contributed by atoms with van der Waals surface area (Å²) in [5.74, 6) is 0.0260. The molecule has 0 N–H and O–H groups in total. The smallest absolute Gasteiger partial charge is 0.178 e. The number of hydrogen-bond acceptors (Lipinski definition) is 4. The average molecular weight is 211 g/mol. The molecule has 0 atom stereocenters. The fraction of sp³-hybridized carbons (Fsp3) is 0.600. The fourth-order valence-electron chi connectivity index (χ4n) is 1.65. The molecule has 0 aromatic carbocycles. The fourth-order valence-corrected chi connectivity index (χ4v) is 2.74. The zero-order valence-corrected chi connectivity index (χ0v) is 9.19. The summed E-state index contributed by atoms with van der Waals surface area (Å²) in [6.07, 6.45) is 3.23. The van der Waals surface area contributed by atoms with Gasteiger partial charge >= 0.3 is 0 Å². The van der Waals surface area contributed by atoms with E-state index in [4.69, 9.17) is 4.74 Å². The van der Waals surface area contributed by atoms with E-state index in [1.807, 2.05) is 5.38 Å². The molecule has 1 fully saturated rings. The maximum atomic E-state index is 11.1. The molecule has 1 heterocycles. The molecule has 0 aliphatic heterocycles. The van der Waals surface area contributed by atoms with Gasteiger partial charge in [-0.25, -0.2) is 4.98 Å². The van der Waals surface area contributed by atoms with Crippen molar-refractivity contribution in [3.8, 4) is 0 Å². The largest absolute Gasteiger partial charge is 0.371 e. The average Bonchev–Trinajstić information content (AvgIpc) is 2.52. The summed E-state index contributed by atoms with van der Waals surface area (Å²) in [4.78, 5) is 15.4. The van der Waals surface area contributed by atoms with Gasteiger partial charge in [0, 0.05) is 19.4 Å². The molecule has 4 heteroatoms. The number of rotatable bonds is 3. The summed E-state index contributed by atoms with van der Waals surface area (Å²) < 4.78 is 5.49. The third-order valence-electron chi connectivity index (χ3n) is 2.81. The van der Waals surface area contributed by atoms with E-state index < -0.39 is 0 Å². The van der Waals surface area contributed by atoms with E-state index in [2.05, 4.69) is 4.98 Å². The third-order valence-corrected chi connectivity index (χ3v) is 3.83. The maximum absolute atomic E-state index is 11.1. The second kappa shape index (κ2) is 3.44. The molecule has 1 aromatic rings. The topological polar surface area (TPSA) is 39.2 Å². The van der Waals surface area contributed by atoms with E-state index in [0.717, 1.165) is 17.8 Å². The summed E-state index contributed by atoms with van der Waals surface area (Å²) in [6, 6.07) is 0. The summed E-state index contributed by atoms with van der Waals surface area (Å²) in [6.45, 7) is 1.54. The van der Waals surface area contributed by atoms with Gasteiger partial charge in [-0.1, -0.05) is 0 Å². The number of ketones is 1. The highest BCUT2D eigenvalue weighted by Gasteiger charge is 2.41. The van der Waals surface area contributed by atoms with Crippen LogP contribution in [0.2, 0.25) is 0 Å². The summed E-state index contributed by atoms with van der Waals surface area (Å²) in [7, 11) is 1.72. The van der Waals surface area contributed by atoms with Crippen LogP contribution in [-0.2, 0) is 10.3 Å². The first-order chi connectivity index (χ1) is 6.68. The van der Waals surface area contributed by atoms with Crippen molar-refractivity contribution in [2.24, 2.45) is 0 Å². The van der Waals surface area contributed by atoms with E-state index >= 15 is 0 Å². The lowest BCUT2D eigenvalue weighted by Crippen LogP contribution is -2.36. The van der Waals surface area contributed by atoms with Gasteiger partial charge in [0.1, 0.15) is 16.3 Å². The van der Waals surface area contributed by atoms with Crippen LogP contribution in [0.4, 0.5) is 0 Å². The number of carbonyl (C=O) groups is 1. The molecular formula is C10H13NO2S. The van der Waals surface area contributed by atoms with Gasteiger partial charge in [0.25, 0.3) is 0 Å². The van der Waals surface area contributed by atoms with Crippen LogP contribution in [0.1, 0.15) is 41.7 Å². The minimum Gasteiger partial charge on any atom is -0.371 e. The molecule has 1 aromatic heterocycles. The Balaban J connectivity index is 2.27. The van der Waals surface area contributed by atoms with Gasteiger partial charge in [0.2, 0.25) is 0 Å². The molecule has 14 heavy (non-hydrogen) atoms. The Morgan fingerprint density at radius 1 is 1.64 bits per heavy atom. The molecule has 0 unspecified atom stereocenters. The van der Waals surface area contributed by atoms with E-state index in [0.29, 0.717) is 5.69 Å². The number of aromatic nitrogens is 1. The van der Waals surface area contributed by atoms with Gasteiger partial charge < -0.3 is 4.74 Å². The van der Waals surface area contributed by atoms with Crippen molar-refractivity contribution in [1.29, 1.82) is 0 Å². The Hall–Kier alpha value is -0.740. The van der Waals surface area contributed by atoms with Gasteiger partial charge in [0.15, 0.2) is 5.78 Å². The van der Waals surface area contributed by atoms with Gasteiger partial charge in [-0.3, -0.25) is 4.79 Å². The van der Waals surface area contributed by atoms with Crippen molar-refractivity contribution in [2.75, 3.05) is 7.11 Å². The molecular weight excluding hydrogens is 198 g/mol. The molecule has 0 bridgehead atoms. The van der Waals surface area contributed by atoms with Crippen LogP contribution in [0.3, 0.4) is 0 Å². The van der Waals surface area contributed by atoms with Crippen LogP contribution in [-0.4, -0.2) is 17.9 Å². The summed E-state index contributed by atoms with van der Waals surface area (Å²) in [5.41, 5.74) is 0.381. The van der Waals surface area contributed by atoms with Crippen molar-refractivity contribution in [1.82, 2.24) is 4.98 Å². The molecule has 0 amide bonds. The van der Waals surface area contributed by atoms with Gasteiger partial charge in [0.05, 0.1) is 0 Å². The van der Waals surface area contributed by atoms with Crippen molar-refractivity contribution >= 4 is 17.1 Å². The van der Waals surface area contributed by atoms with Crippen molar-refractivity contribution in [2.45, 2.75) is 31.8 Å². The monoisotopic (exact) mass is 211 g/mol. The molecule has 2 rings (SSSR count). The minimum absolute atomic E-state index is 0.0260. The standard InChI is InChI=1S/C10H13NO2S/c1-7(12)8-6-14-9(11-8)10(13-2)4-3-5-10/h6H,3-5H2,1-2H3. The Labute approximate surface area is 87.1 Å². The number of carbonyl (C=O) groups excluding carboxylic acids is 1. The van der Waals surface area contributed by atoms with E-state index in [1.165, 1.54) is 17.8 Å². The number of ether oxygens (including phenoxy) is 1. The number of thiazole rings is 1. The van der Waals surface area contributed by atoms with Crippen molar-refractivity contribution < 1.29 is 9.53 Å². The predicted molar refractivity (Wildman–Crippen MR) is 54.7 cm³/mol. The number of methoxy groups -OCH3 is 1. The molecule has 0 spiro atoms. The molecule has 3 nitrogen and oxygen atoms in total. The predicted octanol–water partition coefficient (Wildman–Crippen LogP) is 2.37. The van der Waals surface area contributed by atoms with Crippen molar-refractivity contribution in [3.05, 3.63) is 16.1 Å². The number of hydrogen-bond donors (Lipinski definition) is 0. The molecule has 1 saturated carbocycles. The molecule has 1 aliphatic rings. The third kappa shape index (κ3) is 1.38. The minimum atomic E-state index is -0.182. The highest BCUT2D eigenvalue weighted by atomic mass is 32.1. The number of Topliss-reactive ketones (excluding diaryl/α,β-unsaturated/α-hetero) is 1. The maximum Gasteiger partial charge on any atom is 0.178 e.